The summed E-state index contributed by atoms with van der Waals surface area (Å²) in [5, 5.41) is 5.76. The zero-order valence-corrected chi connectivity index (χ0v) is 15.0. The van der Waals surface area contributed by atoms with E-state index in [0.717, 1.165) is 13.0 Å². The lowest BCUT2D eigenvalue weighted by Crippen LogP contribution is -2.44. The molecule has 1 aliphatic heterocycles. The number of carbonyl (C=O) groups excluding carboxylic acids is 1. The third-order valence-corrected chi connectivity index (χ3v) is 5.85. The zero-order valence-electron chi connectivity index (χ0n) is 13.4. The maximum atomic E-state index is 12.2. The van der Waals surface area contributed by atoms with Gasteiger partial charge in [-0.2, -0.15) is 0 Å². The average Bonchev–Trinajstić information content (AvgIpc) is 2.98. The second kappa shape index (κ2) is 7.04. The monoisotopic (exact) mass is 348 g/mol. The first-order chi connectivity index (χ1) is 11.1. The van der Waals surface area contributed by atoms with Crippen LogP contribution in [0.15, 0.2) is 35.7 Å². The van der Waals surface area contributed by atoms with Crippen molar-refractivity contribution in [3.8, 4) is 0 Å². The molecule has 1 N–H and O–H groups in total. The summed E-state index contributed by atoms with van der Waals surface area (Å²) >= 11 is 7.77. The third kappa shape index (κ3) is 3.60. The third-order valence-electron chi connectivity index (χ3n) is 4.48. The molecule has 2 heterocycles. The van der Waals surface area contributed by atoms with Crippen LogP contribution >= 0.6 is 22.9 Å². The van der Waals surface area contributed by atoms with Gasteiger partial charge in [0, 0.05) is 40.6 Å². The highest BCUT2D eigenvalue weighted by atomic mass is 35.5. The fourth-order valence-corrected chi connectivity index (χ4v) is 4.50. The molecule has 3 rings (SSSR count). The molecule has 2 aromatic rings. The Bertz CT molecular complexity index is 700. The first-order valence-electron chi connectivity index (χ1n) is 7.92. The number of carbonyl (C=O) groups is 1. The summed E-state index contributed by atoms with van der Waals surface area (Å²) in [5.41, 5.74) is 2.09. The summed E-state index contributed by atoms with van der Waals surface area (Å²) in [4.78, 5) is 16.1. The normalized spacial score (nSPS) is 21.0. The highest BCUT2D eigenvalue weighted by Gasteiger charge is 2.29. The summed E-state index contributed by atoms with van der Waals surface area (Å²) in [6, 6.07) is 10.2. The van der Waals surface area contributed by atoms with Crippen LogP contribution in [0, 0.1) is 0 Å². The van der Waals surface area contributed by atoms with E-state index >= 15 is 0 Å². The molecule has 2 atom stereocenters. The van der Waals surface area contributed by atoms with Gasteiger partial charge >= 0.3 is 0 Å². The van der Waals surface area contributed by atoms with Crippen LogP contribution in [0.25, 0.3) is 0 Å². The number of nitrogens with zero attached hydrogens (tertiary/aromatic N) is 1. The number of nitrogens with one attached hydrogen (secondary N) is 1. The summed E-state index contributed by atoms with van der Waals surface area (Å²) in [5.74, 6) is -0.0679. The molecule has 1 amide bonds. The molecule has 23 heavy (non-hydrogen) atoms. The smallest absolute Gasteiger partial charge is 0.251 e. The largest absolute Gasteiger partial charge is 0.351 e. The molecule has 0 fully saturated rings. The van der Waals surface area contributed by atoms with E-state index in [9.17, 15) is 4.79 Å². The highest BCUT2D eigenvalue weighted by molar-refractivity contribution is 7.10. The van der Waals surface area contributed by atoms with Crippen LogP contribution in [0.2, 0.25) is 5.02 Å². The molecule has 0 radical (unpaired) electrons. The van der Waals surface area contributed by atoms with Gasteiger partial charge in [-0.3, -0.25) is 9.69 Å². The predicted octanol–water partition coefficient (Wildman–Crippen LogP) is 4.14. The van der Waals surface area contributed by atoms with Gasteiger partial charge in [0.2, 0.25) is 0 Å². The van der Waals surface area contributed by atoms with Gasteiger partial charge in [0.25, 0.3) is 5.91 Å². The van der Waals surface area contributed by atoms with Crippen molar-refractivity contribution in [2.75, 3.05) is 13.1 Å². The first-order valence-corrected chi connectivity index (χ1v) is 9.18. The topological polar surface area (TPSA) is 32.3 Å². The van der Waals surface area contributed by atoms with Crippen LogP contribution in [0.4, 0.5) is 0 Å². The second-order valence-electron chi connectivity index (χ2n) is 6.04. The maximum absolute atomic E-state index is 12.2. The van der Waals surface area contributed by atoms with E-state index < -0.39 is 0 Å². The standard InChI is InChI=1S/C18H21ClN2OS/c1-12-10-14-6-9-23-17(14)13(2)21(12)8-7-20-18(22)15-4-3-5-16(19)11-15/h3-6,9,11-13H,7-8,10H2,1-2H3,(H,20,22). The van der Waals surface area contributed by atoms with Crippen molar-refractivity contribution >= 4 is 28.8 Å². The molecule has 0 saturated heterocycles. The molecular weight excluding hydrogens is 328 g/mol. The molecule has 1 aliphatic rings. The summed E-state index contributed by atoms with van der Waals surface area (Å²) in [7, 11) is 0. The number of rotatable bonds is 4. The number of amides is 1. The van der Waals surface area contributed by atoms with Crippen molar-refractivity contribution in [3.63, 3.8) is 0 Å². The minimum absolute atomic E-state index is 0.0679. The minimum Gasteiger partial charge on any atom is -0.351 e. The first kappa shape index (κ1) is 16.5. The van der Waals surface area contributed by atoms with Gasteiger partial charge in [-0.05, 0) is 55.5 Å². The van der Waals surface area contributed by atoms with Crippen molar-refractivity contribution in [2.24, 2.45) is 0 Å². The van der Waals surface area contributed by atoms with Crippen LogP contribution < -0.4 is 5.32 Å². The Morgan fingerprint density at radius 1 is 1.39 bits per heavy atom. The molecule has 1 aromatic heterocycles. The van der Waals surface area contributed by atoms with Crippen molar-refractivity contribution in [3.05, 3.63) is 56.7 Å². The fraction of sp³-hybridized carbons (Fsp3) is 0.389. The molecule has 0 bridgehead atoms. The second-order valence-corrected chi connectivity index (χ2v) is 7.43. The van der Waals surface area contributed by atoms with E-state index in [1.165, 1.54) is 10.4 Å². The molecule has 0 aliphatic carbocycles. The van der Waals surface area contributed by atoms with Crippen molar-refractivity contribution in [2.45, 2.75) is 32.4 Å². The van der Waals surface area contributed by atoms with E-state index in [4.69, 9.17) is 11.6 Å². The molecule has 3 nitrogen and oxygen atoms in total. The van der Waals surface area contributed by atoms with Gasteiger partial charge in [-0.25, -0.2) is 0 Å². The number of hydrogen-bond acceptors (Lipinski definition) is 3. The van der Waals surface area contributed by atoms with E-state index in [1.54, 1.807) is 24.3 Å². The Kier molecular flexibility index (Phi) is 5.05. The van der Waals surface area contributed by atoms with Crippen molar-refractivity contribution < 1.29 is 4.79 Å². The van der Waals surface area contributed by atoms with Gasteiger partial charge < -0.3 is 5.32 Å². The average molecular weight is 349 g/mol. The number of benzene rings is 1. The lowest BCUT2D eigenvalue weighted by Gasteiger charge is -2.38. The van der Waals surface area contributed by atoms with E-state index in [-0.39, 0.29) is 5.91 Å². The maximum Gasteiger partial charge on any atom is 0.251 e. The van der Waals surface area contributed by atoms with Crippen LogP contribution in [-0.4, -0.2) is 29.9 Å². The fourth-order valence-electron chi connectivity index (χ4n) is 3.29. The Morgan fingerprint density at radius 2 is 2.22 bits per heavy atom. The number of thiophene rings is 1. The van der Waals surface area contributed by atoms with Crippen LogP contribution in [-0.2, 0) is 6.42 Å². The summed E-state index contributed by atoms with van der Waals surface area (Å²) in [6.45, 7) is 6.01. The Labute approximate surface area is 146 Å². The van der Waals surface area contributed by atoms with Gasteiger partial charge in [0.1, 0.15) is 0 Å². The predicted molar refractivity (Wildman–Crippen MR) is 96.4 cm³/mol. The number of hydrogen-bond donors (Lipinski definition) is 1. The van der Waals surface area contributed by atoms with Gasteiger partial charge in [-0.1, -0.05) is 17.7 Å². The Morgan fingerprint density at radius 3 is 3.00 bits per heavy atom. The van der Waals surface area contributed by atoms with Crippen LogP contribution in [0.1, 0.15) is 40.7 Å². The van der Waals surface area contributed by atoms with E-state index in [2.05, 4.69) is 35.5 Å². The van der Waals surface area contributed by atoms with E-state index in [1.807, 2.05) is 11.3 Å². The highest BCUT2D eigenvalue weighted by Crippen LogP contribution is 2.35. The zero-order chi connectivity index (χ0) is 16.4. The number of fused-ring (bicyclic) bond motifs is 1. The molecule has 2 unspecified atom stereocenters. The Balaban J connectivity index is 1.57. The Hall–Kier alpha value is -1.36. The quantitative estimate of drug-likeness (QED) is 0.900. The molecule has 0 saturated carbocycles. The van der Waals surface area contributed by atoms with Crippen LogP contribution in [0.3, 0.4) is 0 Å². The summed E-state index contributed by atoms with van der Waals surface area (Å²) < 4.78 is 0. The number of halogens is 1. The molecule has 5 heteroatoms. The van der Waals surface area contributed by atoms with E-state index in [0.29, 0.717) is 29.2 Å². The lowest BCUT2D eigenvalue weighted by atomic mass is 9.97. The van der Waals surface area contributed by atoms with Gasteiger partial charge in [0.05, 0.1) is 0 Å². The molecular formula is C18H21ClN2OS. The minimum atomic E-state index is -0.0679. The molecule has 0 spiro atoms. The SMILES string of the molecule is CC1Cc2ccsc2C(C)N1CCNC(=O)c1cccc(Cl)c1. The molecule has 122 valence electrons. The van der Waals surface area contributed by atoms with Crippen molar-refractivity contribution in [1.29, 1.82) is 0 Å². The van der Waals surface area contributed by atoms with Gasteiger partial charge in [0.15, 0.2) is 0 Å². The molecule has 1 aromatic carbocycles. The van der Waals surface area contributed by atoms with Gasteiger partial charge in [-0.15, -0.1) is 11.3 Å². The summed E-state index contributed by atoms with van der Waals surface area (Å²) in [6.07, 6.45) is 1.09. The lowest BCUT2D eigenvalue weighted by molar-refractivity contribution is 0.0930. The van der Waals surface area contributed by atoms with Crippen LogP contribution in [0.5, 0.6) is 0 Å². The van der Waals surface area contributed by atoms with Crippen molar-refractivity contribution in [1.82, 2.24) is 10.2 Å².